The van der Waals surface area contributed by atoms with E-state index in [1.165, 1.54) is 0 Å². The number of nitrogens with zero attached hydrogens (tertiary/aromatic N) is 1. The molecule has 0 aliphatic heterocycles. The fourth-order valence-electron chi connectivity index (χ4n) is 2.15. The largest absolute Gasteiger partial charge is 0.469 e. The monoisotopic (exact) mass is 255 g/mol. The summed E-state index contributed by atoms with van der Waals surface area (Å²) in [5.74, 6) is 1.93. The molecule has 1 atom stereocenters. The smallest absolute Gasteiger partial charge is 0.139 e. The highest BCUT2D eigenvalue weighted by molar-refractivity contribution is 5.77. The van der Waals surface area contributed by atoms with E-state index < -0.39 is 0 Å². The molecule has 3 rings (SSSR count). The van der Waals surface area contributed by atoms with Gasteiger partial charge in [-0.25, -0.2) is 4.98 Å². The lowest BCUT2D eigenvalue weighted by atomic mass is 10.1. The number of aromatic amines is 1. The Kier molecular flexibility index (Phi) is 3.23. The summed E-state index contributed by atoms with van der Waals surface area (Å²) in [5, 5.41) is 4.55. The molecule has 2 N–H and O–H groups in total. The van der Waals surface area contributed by atoms with Crippen LogP contribution in [-0.2, 0) is 6.42 Å². The van der Waals surface area contributed by atoms with E-state index in [1.54, 1.807) is 6.26 Å². The van der Waals surface area contributed by atoms with Crippen LogP contribution in [0.5, 0.6) is 0 Å². The van der Waals surface area contributed by atoms with Crippen LogP contribution >= 0.6 is 0 Å². The Morgan fingerprint density at radius 2 is 2.26 bits per heavy atom. The van der Waals surface area contributed by atoms with Gasteiger partial charge in [0.2, 0.25) is 0 Å². The number of furan rings is 1. The summed E-state index contributed by atoms with van der Waals surface area (Å²) in [6.45, 7) is 2.16. The number of nitrogens with one attached hydrogen (secondary N) is 2. The summed E-state index contributed by atoms with van der Waals surface area (Å²) in [6, 6.07) is 10.4. The van der Waals surface area contributed by atoms with E-state index >= 15 is 0 Å². The van der Waals surface area contributed by atoms with Crippen LogP contribution in [0.25, 0.3) is 11.0 Å². The predicted octanol–water partition coefficient (Wildman–Crippen LogP) is 3.59. The van der Waals surface area contributed by atoms with Gasteiger partial charge >= 0.3 is 0 Å². The minimum atomic E-state index is 0.352. The lowest BCUT2D eigenvalue weighted by Crippen LogP contribution is -2.16. The minimum absolute atomic E-state index is 0.352. The van der Waals surface area contributed by atoms with Gasteiger partial charge in [-0.1, -0.05) is 0 Å². The molecule has 3 aromatic rings. The predicted molar refractivity (Wildman–Crippen MR) is 76.2 cm³/mol. The lowest BCUT2D eigenvalue weighted by molar-refractivity contribution is 0.495. The van der Waals surface area contributed by atoms with Gasteiger partial charge in [0.15, 0.2) is 0 Å². The Hall–Kier alpha value is -2.23. The van der Waals surface area contributed by atoms with Crippen molar-refractivity contribution in [1.29, 1.82) is 0 Å². The number of anilines is 1. The molecule has 0 aromatic carbocycles. The molecule has 0 aliphatic carbocycles. The van der Waals surface area contributed by atoms with Crippen LogP contribution in [0, 0.1) is 0 Å². The van der Waals surface area contributed by atoms with Crippen LogP contribution < -0.4 is 5.32 Å². The molecule has 0 aliphatic rings. The maximum absolute atomic E-state index is 5.33. The fourth-order valence-corrected chi connectivity index (χ4v) is 2.15. The van der Waals surface area contributed by atoms with Gasteiger partial charge in [0.25, 0.3) is 0 Å². The molecule has 19 heavy (non-hydrogen) atoms. The molecule has 0 fully saturated rings. The number of aryl methyl sites for hydroxylation is 1. The first-order valence-electron chi connectivity index (χ1n) is 6.54. The lowest BCUT2D eigenvalue weighted by Gasteiger charge is -2.13. The van der Waals surface area contributed by atoms with Crippen LogP contribution in [0.3, 0.4) is 0 Å². The van der Waals surface area contributed by atoms with Crippen molar-refractivity contribution >= 4 is 16.9 Å². The summed E-state index contributed by atoms with van der Waals surface area (Å²) in [5.41, 5.74) is 0.920. The molecule has 0 saturated carbocycles. The van der Waals surface area contributed by atoms with E-state index in [0.29, 0.717) is 6.04 Å². The number of pyridine rings is 1. The highest BCUT2D eigenvalue weighted by Crippen LogP contribution is 2.15. The second kappa shape index (κ2) is 5.18. The van der Waals surface area contributed by atoms with Crippen molar-refractivity contribution in [2.45, 2.75) is 25.8 Å². The second-order valence-electron chi connectivity index (χ2n) is 4.78. The molecule has 0 unspecified atom stereocenters. The van der Waals surface area contributed by atoms with Gasteiger partial charge in [-0.3, -0.25) is 0 Å². The van der Waals surface area contributed by atoms with Crippen LogP contribution in [0.15, 0.2) is 47.2 Å². The SMILES string of the molecule is C[C@H](CCc1ccco1)Nc1ccc2cc[nH]c2n1. The van der Waals surface area contributed by atoms with Gasteiger partial charge in [0.05, 0.1) is 6.26 Å². The van der Waals surface area contributed by atoms with E-state index in [-0.39, 0.29) is 0 Å². The van der Waals surface area contributed by atoms with E-state index in [9.17, 15) is 0 Å². The van der Waals surface area contributed by atoms with Gasteiger partial charge in [0.1, 0.15) is 17.2 Å². The number of aromatic nitrogens is 2. The number of rotatable bonds is 5. The van der Waals surface area contributed by atoms with Crippen LogP contribution in [-0.4, -0.2) is 16.0 Å². The van der Waals surface area contributed by atoms with Crippen molar-refractivity contribution in [3.63, 3.8) is 0 Å². The van der Waals surface area contributed by atoms with Crippen molar-refractivity contribution in [2.75, 3.05) is 5.32 Å². The second-order valence-corrected chi connectivity index (χ2v) is 4.78. The summed E-state index contributed by atoms with van der Waals surface area (Å²) >= 11 is 0. The Labute approximate surface area is 111 Å². The van der Waals surface area contributed by atoms with Gasteiger partial charge in [-0.15, -0.1) is 0 Å². The maximum atomic E-state index is 5.33. The first kappa shape index (κ1) is 11.8. The molecule has 98 valence electrons. The third-order valence-corrected chi connectivity index (χ3v) is 3.21. The molecule has 3 heterocycles. The number of H-pyrrole nitrogens is 1. The molecule has 3 aromatic heterocycles. The van der Waals surface area contributed by atoms with E-state index in [1.807, 2.05) is 30.5 Å². The Balaban J connectivity index is 1.60. The van der Waals surface area contributed by atoms with Crippen molar-refractivity contribution in [3.8, 4) is 0 Å². The summed E-state index contributed by atoms with van der Waals surface area (Å²) in [4.78, 5) is 7.65. The zero-order valence-corrected chi connectivity index (χ0v) is 10.9. The third kappa shape index (κ3) is 2.78. The summed E-state index contributed by atoms with van der Waals surface area (Å²) in [6.07, 6.45) is 5.57. The topological polar surface area (TPSA) is 53.9 Å². The first-order chi connectivity index (χ1) is 9.31. The number of hydrogen-bond donors (Lipinski definition) is 2. The van der Waals surface area contributed by atoms with E-state index in [2.05, 4.69) is 28.3 Å². The average Bonchev–Trinajstić information content (AvgIpc) is 3.07. The maximum Gasteiger partial charge on any atom is 0.139 e. The summed E-state index contributed by atoms with van der Waals surface area (Å²) in [7, 11) is 0. The fraction of sp³-hybridized carbons (Fsp3) is 0.267. The molecular weight excluding hydrogens is 238 g/mol. The van der Waals surface area contributed by atoms with Crippen LogP contribution in [0.1, 0.15) is 19.1 Å². The Morgan fingerprint density at radius 3 is 3.11 bits per heavy atom. The highest BCUT2D eigenvalue weighted by Gasteiger charge is 2.06. The van der Waals surface area contributed by atoms with E-state index in [4.69, 9.17) is 4.42 Å². The molecule has 0 radical (unpaired) electrons. The normalized spacial score (nSPS) is 12.7. The molecule has 0 spiro atoms. The Bertz CT molecular complexity index is 642. The van der Waals surface area contributed by atoms with Crippen LogP contribution in [0.4, 0.5) is 5.82 Å². The molecule has 0 bridgehead atoms. The standard InChI is InChI=1S/C15H17N3O/c1-11(4-6-13-3-2-10-19-13)17-14-7-5-12-8-9-16-15(12)18-14/h2-3,5,7-11H,4,6H2,1H3,(H2,16,17,18)/t11-/m1/s1. The third-order valence-electron chi connectivity index (χ3n) is 3.21. The van der Waals surface area contributed by atoms with Gasteiger partial charge in [-0.05, 0) is 43.7 Å². The molecule has 4 nitrogen and oxygen atoms in total. The van der Waals surface area contributed by atoms with Gasteiger partial charge in [-0.2, -0.15) is 0 Å². The van der Waals surface area contributed by atoms with Crippen molar-refractivity contribution in [3.05, 3.63) is 48.6 Å². The molecule has 0 saturated heterocycles. The quantitative estimate of drug-likeness (QED) is 0.732. The van der Waals surface area contributed by atoms with Gasteiger partial charge in [0, 0.05) is 24.0 Å². The van der Waals surface area contributed by atoms with Crippen LogP contribution in [0.2, 0.25) is 0 Å². The Morgan fingerprint density at radius 1 is 1.32 bits per heavy atom. The molecule has 4 heteroatoms. The number of fused-ring (bicyclic) bond motifs is 1. The minimum Gasteiger partial charge on any atom is -0.469 e. The summed E-state index contributed by atoms with van der Waals surface area (Å²) < 4.78 is 5.33. The molecular formula is C15H17N3O. The molecule has 0 amide bonds. The average molecular weight is 255 g/mol. The van der Waals surface area contributed by atoms with Crippen molar-refractivity contribution in [2.24, 2.45) is 0 Å². The zero-order chi connectivity index (χ0) is 13.1. The zero-order valence-electron chi connectivity index (χ0n) is 10.9. The highest BCUT2D eigenvalue weighted by atomic mass is 16.3. The van der Waals surface area contributed by atoms with Gasteiger partial charge < -0.3 is 14.7 Å². The van der Waals surface area contributed by atoms with E-state index in [0.717, 1.165) is 35.5 Å². The van der Waals surface area contributed by atoms with Crippen molar-refractivity contribution in [1.82, 2.24) is 9.97 Å². The van der Waals surface area contributed by atoms with Crippen molar-refractivity contribution < 1.29 is 4.42 Å². The number of hydrogen-bond acceptors (Lipinski definition) is 3. The first-order valence-corrected chi connectivity index (χ1v) is 6.54.